The van der Waals surface area contributed by atoms with E-state index in [0.717, 1.165) is 12.2 Å². The molecular formula is C7H5F3O2. The van der Waals surface area contributed by atoms with Crippen LogP contribution in [-0.4, -0.2) is 17.1 Å². The van der Waals surface area contributed by atoms with E-state index < -0.39 is 23.6 Å². The van der Waals surface area contributed by atoms with E-state index in [-0.39, 0.29) is 0 Å². The summed E-state index contributed by atoms with van der Waals surface area (Å²) >= 11 is 0. The van der Waals surface area contributed by atoms with Crippen LogP contribution < -0.4 is 0 Å². The van der Waals surface area contributed by atoms with Crippen LogP contribution in [-0.2, 0) is 4.79 Å². The van der Waals surface area contributed by atoms with Gasteiger partial charge in [0.1, 0.15) is 5.92 Å². The maximum atomic E-state index is 12.0. The summed E-state index contributed by atoms with van der Waals surface area (Å²) in [6, 6.07) is 0. The molecule has 1 atom stereocenters. The first-order valence-corrected chi connectivity index (χ1v) is 3.11. The molecule has 1 rings (SSSR count). The molecule has 2 nitrogen and oxygen atoms in total. The zero-order chi connectivity index (χ0) is 9.35. The van der Waals surface area contributed by atoms with E-state index >= 15 is 0 Å². The molecule has 12 heavy (non-hydrogen) atoms. The van der Waals surface area contributed by atoms with Crippen molar-refractivity contribution < 1.29 is 23.1 Å². The average Bonchev–Trinajstić information content (AvgIpc) is 1.92. The Labute approximate surface area is 66.0 Å². The predicted octanol–water partition coefficient (Wildman–Crippen LogP) is 1.75. The Morgan fingerprint density at radius 2 is 2.00 bits per heavy atom. The molecular weight excluding hydrogens is 173 g/mol. The van der Waals surface area contributed by atoms with Gasteiger partial charge in [-0.25, -0.2) is 0 Å². The summed E-state index contributed by atoms with van der Waals surface area (Å²) in [5.41, 5.74) is 0. The van der Waals surface area contributed by atoms with Crippen LogP contribution >= 0.6 is 0 Å². The van der Waals surface area contributed by atoms with Crippen LogP contribution in [0.4, 0.5) is 13.2 Å². The Hall–Kier alpha value is -1.26. The largest absolute Gasteiger partial charge is 0.504 e. The summed E-state index contributed by atoms with van der Waals surface area (Å²) in [5, 5.41) is 8.67. The lowest BCUT2D eigenvalue weighted by molar-refractivity contribution is -0.170. The molecule has 0 fully saturated rings. The van der Waals surface area contributed by atoms with Crippen LogP contribution in [0.15, 0.2) is 24.0 Å². The summed E-state index contributed by atoms with van der Waals surface area (Å²) in [5.74, 6) is -4.34. The molecule has 0 aromatic rings. The highest BCUT2D eigenvalue weighted by molar-refractivity contribution is 5.98. The number of carbonyl (C=O) groups is 1. The van der Waals surface area contributed by atoms with Crippen molar-refractivity contribution in [2.24, 2.45) is 5.92 Å². The first kappa shape index (κ1) is 8.83. The smallest absolute Gasteiger partial charge is 0.402 e. The highest BCUT2D eigenvalue weighted by Gasteiger charge is 2.44. The van der Waals surface area contributed by atoms with E-state index in [0.29, 0.717) is 6.08 Å². The molecule has 5 heteroatoms. The van der Waals surface area contributed by atoms with Crippen LogP contribution in [0.5, 0.6) is 0 Å². The molecule has 1 N–H and O–H groups in total. The summed E-state index contributed by atoms with van der Waals surface area (Å²) in [4.78, 5) is 10.7. The molecule has 0 spiro atoms. The summed E-state index contributed by atoms with van der Waals surface area (Å²) in [6.45, 7) is 0. The first-order valence-electron chi connectivity index (χ1n) is 3.11. The molecule has 0 saturated carbocycles. The van der Waals surface area contributed by atoms with Crippen molar-refractivity contribution in [1.82, 2.24) is 0 Å². The van der Waals surface area contributed by atoms with Gasteiger partial charge in [0.05, 0.1) is 0 Å². The molecule has 1 aliphatic rings. The molecule has 1 unspecified atom stereocenters. The predicted molar refractivity (Wildman–Crippen MR) is 34.4 cm³/mol. The second-order valence-electron chi connectivity index (χ2n) is 2.32. The lowest BCUT2D eigenvalue weighted by Gasteiger charge is -2.16. The Balaban J connectivity index is 2.92. The number of Topliss-reactive ketones (excluding diaryl/α,β-unsaturated/α-hetero) is 1. The summed E-state index contributed by atoms with van der Waals surface area (Å²) in [6.07, 6.45) is -1.96. The number of rotatable bonds is 0. The van der Waals surface area contributed by atoms with E-state index in [4.69, 9.17) is 5.11 Å². The maximum Gasteiger partial charge on any atom is 0.402 e. The van der Waals surface area contributed by atoms with Crippen molar-refractivity contribution in [3.63, 3.8) is 0 Å². The molecule has 66 valence electrons. The Morgan fingerprint density at radius 3 is 2.42 bits per heavy atom. The number of allylic oxidation sites excluding steroid dienone is 4. The monoisotopic (exact) mass is 178 g/mol. The molecule has 1 aliphatic carbocycles. The molecule has 0 bridgehead atoms. The Bertz CT molecular complexity index is 262. The Morgan fingerprint density at radius 1 is 1.42 bits per heavy atom. The highest BCUT2D eigenvalue weighted by Crippen LogP contribution is 2.31. The van der Waals surface area contributed by atoms with Crippen molar-refractivity contribution in [2.45, 2.75) is 6.18 Å². The van der Waals surface area contributed by atoms with Gasteiger partial charge in [0.2, 0.25) is 5.78 Å². The van der Waals surface area contributed by atoms with Gasteiger partial charge in [-0.1, -0.05) is 12.2 Å². The minimum Gasteiger partial charge on any atom is -0.504 e. The normalized spacial score (nSPS) is 24.1. The second-order valence-corrected chi connectivity index (χ2v) is 2.32. The van der Waals surface area contributed by atoms with Gasteiger partial charge in [0.25, 0.3) is 0 Å². The SMILES string of the molecule is O=C1C(O)=CC=CC1C(F)(F)F. The molecule has 0 heterocycles. The number of hydrogen-bond donors (Lipinski definition) is 1. The van der Waals surface area contributed by atoms with Gasteiger partial charge < -0.3 is 5.11 Å². The fraction of sp³-hybridized carbons (Fsp3) is 0.286. The molecule has 0 amide bonds. The molecule has 0 aromatic heterocycles. The standard InChI is InChI=1S/C7H5F3O2/c8-7(9,10)4-2-1-3-5(11)6(4)12/h1-4,11H. The van der Waals surface area contributed by atoms with E-state index in [9.17, 15) is 18.0 Å². The third-order valence-electron chi connectivity index (χ3n) is 1.45. The van der Waals surface area contributed by atoms with Crippen LogP contribution in [0.3, 0.4) is 0 Å². The van der Waals surface area contributed by atoms with Gasteiger partial charge in [-0.05, 0) is 6.08 Å². The van der Waals surface area contributed by atoms with E-state index in [2.05, 4.69) is 0 Å². The van der Waals surface area contributed by atoms with E-state index in [1.165, 1.54) is 0 Å². The van der Waals surface area contributed by atoms with Gasteiger partial charge >= 0.3 is 6.18 Å². The minimum atomic E-state index is -4.62. The number of ketones is 1. The van der Waals surface area contributed by atoms with Gasteiger partial charge in [0, 0.05) is 0 Å². The maximum absolute atomic E-state index is 12.0. The Kier molecular flexibility index (Phi) is 1.95. The molecule has 0 saturated heterocycles. The fourth-order valence-corrected chi connectivity index (χ4v) is 0.844. The van der Waals surface area contributed by atoms with E-state index in [1.54, 1.807) is 0 Å². The summed E-state index contributed by atoms with van der Waals surface area (Å²) < 4.78 is 35.9. The average molecular weight is 178 g/mol. The number of alkyl halides is 3. The highest BCUT2D eigenvalue weighted by atomic mass is 19.4. The lowest BCUT2D eigenvalue weighted by Crippen LogP contribution is -2.31. The minimum absolute atomic E-state index is 0.710. The number of aliphatic hydroxyl groups is 1. The quantitative estimate of drug-likeness (QED) is 0.613. The number of hydrogen-bond acceptors (Lipinski definition) is 2. The van der Waals surface area contributed by atoms with Gasteiger partial charge in [0.15, 0.2) is 5.76 Å². The van der Waals surface area contributed by atoms with Crippen molar-refractivity contribution >= 4 is 5.78 Å². The zero-order valence-corrected chi connectivity index (χ0v) is 5.80. The van der Waals surface area contributed by atoms with Crippen molar-refractivity contribution in [1.29, 1.82) is 0 Å². The number of carbonyl (C=O) groups excluding carboxylic acids is 1. The lowest BCUT2D eigenvalue weighted by atomic mass is 9.97. The van der Waals surface area contributed by atoms with Crippen molar-refractivity contribution in [3.8, 4) is 0 Å². The van der Waals surface area contributed by atoms with Crippen LogP contribution in [0, 0.1) is 5.92 Å². The number of aliphatic hydroxyl groups excluding tert-OH is 1. The van der Waals surface area contributed by atoms with Crippen LogP contribution in [0.25, 0.3) is 0 Å². The molecule has 0 aliphatic heterocycles. The molecule has 0 aromatic carbocycles. The third kappa shape index (κ3) is 1.49. The zero-order valence-electron chi connectivity index (χ0n) is 5.80. The van der Waals surface area contributed by atoms with Crippen molar-refractivity contribution in [2.75, 3.05) is 0 Å². The molecule has 0 radical (unpaired) electrons. The van der Waals surface area contributed by atoms with Gasteiger partial charge in [-0.2, -0.15) is 13.2 Å². The van der Waals surface area contributed by atoms with Crippen LogP contribution in [0.2, 0.25) is 0 Å². The van der Waals surface area contributed by atoms with Crippen molar-refractivity contribution in [3.05, 3.63) is 24.0 Å². The first-order chi connectivity index (χ1) is 5.43. The number of halogens is 3. The van der Waals surface area contributed by atoms with Gasteiger partial charge in [-0.15, -0.1) is 0 Å². The fourth-order valence-electron chi connectivity index (χ4n) is 0.844. The third-order valence-corrected chi connectivity index (χ3v) is 1.45. The van der Waals surface area contributed by atoms with E-state index in [1.807, 2.05) is 0 Å². The summed E-state index contributed by atoms with van der Waals surface area (Å²) in [7, 11) is 0. The second kappa shape index (κ2) is 2.66. The van der Waals surface area contributed by atoms with Crippen LogP contribution in [0.1, 0.15) is 0 Å². The topological polar surface area (TPSA) is 37.3 Å². The van der Waals surface area contributed by atoms with Gasteiger partial charge in [-0.3, -0.25) is 4.79 Å².